The van der Waals surface area contributed by atoms with Crippen molar-refractivity contribution in [3.05, 3.63) is 87.5 Å². The van der Waals surface area contributed by atoms with Gasteiger partial charge in [-0.15, -0.1) is 0 Å². The molecule has 2 aromatic carbocycles. The minimum atomic E-state index is 0.0664. The first kappa shape index (κ1) is 33.1. The SMILES string of the molecule is COc1nc(-c2cccc(-c3ccnc(-c4ccc5c(c4)CCCC5NCC4CCC(=O)N4)c3Cl)c2Cl)ccc1CN1CC2(CNC(=O)C2)C1. The summed E-state index contributed by atoms with van der Waals surface area (Å²) in [6.07, 6.45) is 7.05. The molecule has 3 aliphatic heterocycles. The highest BCUT2D eigenvalue weighted by Gasteiger charge is 2.48. The number of aryl methyl sites for hydroxylation is 1. The van der Waals surface area contributed by atoms with Gasteiger partial charge >= 0.3 is 0 Å². The van der Waals surface area contributed by atoms with Crippen molar-refractivity contribution in [3.8, 4) is 39.5 Å². The predicted molar refractivity (Wildman–Crippen MR) is 195 cm³/mol. The number of carbonyl (C=O) groups is 2. The molecule has 3 N–H and O–H groups in total. The van der Waals surface area contributed by atoms with Gasteiger partial charge in [-0.2, -0.15) is 0 Å². The lowest BCUT2D eigenvalue weighted by Gasteiger charge is -2.47. The Labute approximate surface area is 302 Å². The molecule has 2 atom stereocenters. The fourth-order valence-electron chi connectivity index (χ4n) is 8.23. The molecule has 3 fully saturated rings. The van der Waals surface area contributed by atoms with Crippen LogP contribution in [0.1, 0.15) is 54.8 Å². The van der Waals surface area contributed by atoms with E-state index in [0.717, 1.165) is 79.7 Å². The van der Waals surface area contributed by atoms with Crippen LogP contribution < -0.4 is 20.7 Å². The van der Waals surface area contributed by atoms with Crippen molar-refractivity contribution in [2.24, 2.45) is 5.41 Å². The molecule has 4 aliphatic rings. The number of methoxy groups -OCH3 is 1. The third-order valence-corrected chi connectivity index (χ3v) is 11.5. The van der Waals surface area contributed by atoms with Crippen LogP contribution >= 0.6 is 23.2 Å². The average Bonchev–Trinajstić information content (AvgIpc) is 3.72. The largest absolute Gasteiger partial charge is 0.481 e. The number of pyridine rings is 2. The van der Waals surface area contributed by atoms with E-state index in [9.17, 15) is 9.59 Å². The van der Waals surface area contributed by atoms with Crippen LogP contribution in [0.4, 0.5) is 0 Å². The van der Waals surface area contributed by atoms with Crippen LogP contribution in [0.5, 0.6) is 5.88 Å². The Bertz CT molecular complexity index is 1980. The summed E-state index contributed by atoms with van der Waals surface area (Å²) < 4.78 is 5.74. The van der Waals surface area contributed by atoms with Crippen molar-refractivity contribution in [1.29, 1.82) is 0 Å². The molecule has 0 saturated carbocycles. The summed E-state index contributed by atoms with van der Waals surface area (Å²) in [6, 6.07) is 18.8. The third-order valence-electron chi connectivity index (χ3n) is 10.7. The maximum Gasteiger partial charge on any atom is 0.220 e. The van der Waals surface area contributed by atoms with Gasteiger partial charge in [0.15, 0.2) is 0 Å². The van der Waals surface area contributed by atoms with Gasteiger partial charge in [-0.25, -0.2) is 4.98 Å². The van der Waals surface area contributed by atoms with E-state index in [0.29, 0.717) is 46.7 Å². The maximum atomic E-state index is 11.8. The molecular weight excluding hydrogens is 671 g/mol. The molecule has 9 nitrogen and oxygen atoms in total. The number of nitrogens with one attached hydrogen (secondary N) is 3. The molecule has 8 rings (SSSR count). The second-order valence-corrected chi connectivity index (χ2v) is 15.0. The molecule has 3 saturated heterocycles. The van der Waals surface area contributed by atoms with E-state index in [1.807, 2.05) is 36.4 Å². The zero-order valence-electron chi connectivity index (χ0n) is 28.0. The Balaban J connectivity index is 1.02. The number of halogens is 2. The molecule has 50 heavy (non-hydrogen) atoms. The average molecular weight is 712 g/mol. The molecule has 5 heterocycles. The molecule has 11 heteroatoms. The number of rotatable bonds is 9. The number of hydrogen-bond donors (Lipinski definition) is 3. The van der Waals surface area contributed by atoms with Crippen LogP contribution in [0.25, 0.3) is 33.6 Å². The molecule has 1 spiro atoms. The first-order chi connectivity index (χ1) is 24.3. The van der Waals surface area contributed by atoms with Crippen LogP contribution in [0.15, 0.2) is 60.8 Å². The summed E-state index contributed by atoms with van der Waals surface area (Å²) >= 11 is 14.3. The van der Waals surface area contributed by atoms with Gasteiger partial charge in [-0.3, -0.25) is 19.5 Å². The third kappa shape index (κ3) is 6.36. The summed E-state index contributed by atoms with van der Waals surface area (Å²) in [5.41, 5.74) is 8.44. The standard InChI is InChI=1S/C39H40Cl2N6O3/c1-50-38-25(19-47-21-39(22-47)17-34(49)44-20-39)9-12-32(46-38)30-6-3-5-28(35(30)40)29-14-15-42-37(36(29)41)24-8-11-27-23(16-24)4-2-7-31(27)43-18-26-10-13-33(48)45-26/h3,5-6,8-9,11-12,14-16,26,31,43H,2,4,7,10,13,17-22H2,1H3,(H,44,49)(H,45,48). The van der Waals surface area contributed by atoms with Gasteiger partial charge in [0, 0.05) is 97.1 Å². The number of aromatic nitrogens is 2. The van der Waals surface area contributed by atoms with Crippen LogP contribution in [0.2, 0.25) is 10.0 Å². The number of likely N-dealkylation sites (tertiary alicyclic amines) is 1. The normalized spacial score (nSPS) is 21.1. The minimum absolute atomic E-state index is 0.0664. The summed E-state index contributed by atoms with van der Waals surface area (Å²) in [6.45, 7) is 4.00. The number of fused-ring (bicyclic) bond motifs is 1. The highest BCUT2D eigenvalue weighted by molar-refractivity contribution is 6.39. The molecule has 2 unspecified atom stereocenters. The number of hydrogen-bond acceptors (Lipinski definition) is 7. The van der Waals surface area contributed by atoms with Gasteiger partial charge in [0.25, 0.3) is 0 Å². The fourth-order valence-corrected chi connectivity index (χ4v) is 8.87. The fraction of sp³-hybridized carbons (Fsp3) is 0.385. The van der Waals surface area contributed by atoms with Crippen molar-refractivity contribution < 1.29 is 14.3 Å². The summed E-state index contributed by atoms with van der Waals surface area (Å²) in [5, 5.41) is 10.8. The second-order valence-electron chi connectivity index (χ2n) is 14.2. The smallest absolute Gasteiger partial charge is 0.220 e. The van der Waals surface area contributed by atoms with E-state index < -0.39 is 0 Å². The van der Waals surface area contributed by atoms with Gasteiger partial charge in [-0.05, 0) is 55.0 Å². The van der Waals surface area contributed by atoms with E-state index in [4.69, 9.17) is 37.9 Å². The predicted octanol–water partition coefficient (Wildman–Crippen LogP) is 6.36. The minimum Gasteiger partial charge on any atom is -0.481 e. The Kier molecular flexibility index (Phi) is 9.02. The van der Waals surface area contributed by atoms with Gasteiger partial charge in [-0.1, -0.05) is 59.6 Å². The summed E-state index contributed by atoms with van der Waals surface area (Å²) in [4.78, 5) is 35.3. The number of nitrogens with zero attached hydrogens (tertiary/aromatic N) is 3. The van der Waals surface area contributed by atoms with Crippen LogP contribution in [0.3, 0.4) is 0 Å². The van der Waals surface area contributed by atoms with Gasteiger partial charge in [0.05, 0.1) is 28.5 Å². The monoisotopic (exact) mass is 710 g/mol. The topological polar surface area (TPSA) is 108 Å². The lowest BCUT2D eigenvalue weighted by molar-refractivity contribution is -0.121. The number of amides is 2. The van der Waals surface area contributed by atoms with Gasteiger partial charge in [0.2, 0.25) is 17.7 Å². The van der Waals surface area contributed by atoms with Gasteiger partial charge in [0.1, 0.15) is 0 Å². The molecule has 258 valence electrons. The van der Waals surface area contributed by atoms with Crippen molar-refractivity contribution in [2.75, 3.05) is 33.3 Å². The lowest BCUT2D eigenvalue weighted by Crippen LogP contribution is -2.56. The highest BCUT2D eigenvalue weighted by Crippen LogP contribution is 2.43. The summed E-state index contributed by atoms with van der Waals surface area (Å²) in [5.74, 6) is 0.848. The van der Waals surface area contributed by atoms with Crippen LogP contribution in [0, 0.1) is 5.41 Å². The molecule has 0 bridgehead atoms. The van der Waals surface area contributed by atoms with E-state index in [2.05, 4.69) is 39.0 Å². The Morgan fingerprint density at radius 2 is 1.82 bits per heavy atom. The molecule has 1 aliphatic carbocycles. The number of carbonyl (C=O) groups excluding carboxylic acids is 2. The van der Waals surface area contributed by atoms with E-state index >= 15 is 0 Å². The van der Waals surface area contributed by atoms with Crippen molar-refractivity contribution >= 4 is 35.0 Å². The second kappa shape index (κ2) is 13.6. The lowest BCUT2D eigenvalue weighted by atomic mass is 9.79. The molecular formula is C39H40Cl2N6O3. The Morgan fingerprint density at radius 3 is 2.60 bits per heavy atom. The maximum absolute atomic E-state index is 11.8. The first-order valence-corrected chi connectivity index (χ1v) is 18.2. The quantitative estimate of drug-likeness (QED) is 0.186. The van der Waals surface area contributed by atoms with E-state index in [1.165, 1.54) is 11.1 Å². The van der Waals surface area contributed by atoms with Crippen LogP contribution in [-0.2, 0) is 22.6 Å². The van der Waals surface area contributed by atoms with Crippen molar-refractivity contribution in [1.82, 2.24) is 30.8 Å². The number of ether oxygens (including phenoxy) is 1. The zero-order chi connectivity index (χ0) is 34.4. The first-order valence-electron chi connectivity index (χ1n) is 17.4. The Morgan fingerprint density at radius 1 is 0.980 bits per heavy atom. The highest BCUT2D eigenvalue weighted by atomic mass is 35.5. The summed E-state index contributed by atoms with van der Waals surface area (Å²) in [7, 11) is 1.64. The Hall–Kier alpha value is -4.02. The van der Waals surface area contributed by atoms with E-state index in [-0.39, 0.29) is 29.3 Å². The van der Waals surface area contributed by atoms with E-state index in [1.54, 1.807) is 13.3 Å². The molecule has 2 amide bonds. The van der Waals surface area contributed by atoms with Crippen molar-refractivity contribution in [2.45, 2.75) is 57.2 Å². The molecule has 4 aromatic rings. The molecule has 2 aromatic heterocycles. The number of benzene rings is 2. The zero-order valence-corrected chi connectivity index (χ0v) is 29.5. The van der Waals surface area contributed by atoms with Crippen LogP contribution in [-0.4, -0.2) is 66.0 Å². The van der Waals surface area contributed by atoms with Crippen molar-refractivity contribution in [3.63, 3.8) is 0 Å². The molecule has 0 radical (unpaired) electrons. The van der Waals surface area contributed by atoms with Gasteiger partial charge < -0.3 is 20.7 Å².